The molecule has 1 aliphatic heterocycles. The average molecular weight is 272 g/mol. The van der Waals surface area contributed by atoms with Gasteiger partial charge >= 0.3 is 0 Å². The van der Waals surface area contributed by atoms with E-state index < -0.39 is 0 Å². The van der Waals surface area contributed by atoms with Crippen molar-refractivity contribution in [2.75, 3.05) is 26.2 Å². The standard InChI is InChI=1S/C18H28N2/c1-2-20-10-8-15(9-11-20)13-19-14-16-6-7-17-4-3-5-18(17)12-16/h6-7,12,15,19H,2-5,8-11,13-14H2,1H3. The molecule has 1 aromatic carbocycles. The van der Waals surface area contributed by atoms with Gasteiger partial charge in [-0.2, -0.15) is 0 Å². The Labute approximate surface area is 123 Å². The summed E-state index contributed by atoms with van der Waals surface area (Å²) in [6, 6.07) is 7.09. The normalized spacial score (nSPS) is 20.2. The molecule has 1 N–H and O–H groups in total. The Morgan fingerprint density at radius 3 is 2.75 bits per heavy atom. The van der Waals surface area contributed by atoms with E-state index in [9.17, 15) is 0 Å². The predicted octanol–water partition coefficient (Wildman–Crippen LogP) is 3.00. The summed E-state index contributed by atoms with van der Waals surface area (Å²) in [4.78, 5) is 2.57. The third-order valence-electron chi connectivity index (χ3n) is 5.08. The lowest BCUT2D eigenvalue weighted by atomic mass is 9.96. The van der Waals surface area contributed by atoms with E-state index in [0.29, 0.717) is 0 Å². The van der Waals surface area contributed by atoms with Gasteiger partial charge in [0.1, 0.15) is 0 Å². The summed E-state index contributed by atoms with van der Waals surface area (Å²) in [5.74, 6) is 0.882. The Morgan fingerprint density at radius 1 is 1.15 bits per heavy atom. The van der Waals surface area contributed by atoms with E-state index >= 15 is 0 Å². The lowest BCUT2D eigenvalue weighted by Crippen LogP contribution is -2.36. The molecule has 2 nitrogen and oxygen atoms in total. The van der Waals surface area contributed by atoms with Crippen LogP contribution >= 0.6 is 0 Å². The van der Waals surface area contributed by atoms with Crippen LogP contribution in [0.25, 0.3) is 0 Å². The molecule has 110 valence electrons. The molecule has 20 heavy (non-hydrogen) atoms. The number of hydrogen-bond acceptors (Lipinski definition) is 2. The number of hydrogen-bond donors (Lipinski definition) is 1. The van der Waals surface area contributed by atoms with Crippen molar-refractivity contribution < 1.29 is 0 Å². The zero-order chi connectivity index (χ0) is 13.8. The molecule has 0 aromatic heterocycles. The second kappa shape index (κ2) is 6.73. The van der Waals surface area contributed by atoms with Crippen molar-refractivity contribution in [2.45, 2.75) is 45.6 Å². The summed E-state index contributed by atoms with van der Waals surface area (Å²) in [6.07, 6.45) is 6.66. The van der Waals surface area contributed by atoms with Gasteiger partial charge in [-0.05, 0) is 80.9 Å². The number of aryl methyl sites for hydroxylation is 2. The Kier molecular flexibility index (Phi) is 4.74. The molecule has 0 amide bonds. The van der Waals surface area contributed by atoms with Crippen LogP contribution in [0, 0.1) is 5.92 Å². The van der Waals surface area contributed by atoms with Gasteiger partial charge in [0.05, 0.1) is 0 Å². The Balaban J connectivity index is 1.42. The van der Waals surface area contributed by atoms with Gasteiger partial charge in [0.15, 0.2) is 0 Å². The fourth-order valence-corrected chi connectivity index (χ4v) is 3.66. The molecular weight excluding hydrogens is 244 g/mol. The maximum absolute atomic E-state index is 3.68. The smallest absolute Gasteiger partial charge is 0.0205 e. The van der Waals surface area contributed by atoms with Gasteiger partial charge in [-0.15, -0.1) is 0 Å². The number of rotatable bonds is 5. The zero-order valence-electron chi connectivity index (χ0n) is 12.8. The molecule has 0 radical (unpaired) electrons. The summed E-state index contributed by atoms with van der Waals surface area (Å²) >= 11 is 0. The van der Waals surface area contributed by atoms with Gasteiger partial charge in [-0.3, -0.25) is 0 Å². The summed E-state index contributed by atoms with van der Waals surface area (Å²) < 4.78 is 0. The fraction of sp³-hybridized carbons (Fsp3) is 0.667. The molecule has 2 aliphatic rings. The third-order valence-corrected chi connectivity index (χ3v) is 5.08. The second-order valence-electron chi connectivity index (χ2n) is 6.47. The van der Waals surface area contributed by atoms with E-state index in [0.717, 1.165) is 12.5 Å². The molecule has 0 bridgehead atoms. The molecule has 1 saturated heterocycles. The lowest BCUT2D eigenvalue weighted by Gasteiger charge is -2.31. The van der Waals surface area contributed by atoms with Crippen LogP contribution in [0.2, 0.25) is 0 Å². The van der Waals surface area contributed by atoms with Gasteiger partial charge in [0.2, 0.25) is 0 Å². The van der Waals surface area contributed by atoms with Crippen molar-refractivity contribution in [3.8, 4) is 0 Å². The van der Waals surface area contributed by atoms with Crippen LogP contribution in [0.15, 0.2) is 18.2 Å². The summed E-state index contributed by atoms with van der Waals surface area (Å²) in [5.41, 5.74) is 4.65. The molecule has 2 heteroatoms. The fourth-order valence-electron chi connectivity index (χ4n) is 3.66. The Hall–Kier alpha value is -0.860. The van der Waals surface area contributed by atoms with Crippen LogP contribution in [0.4, 0.5) is 0 Å². The zero-order valence-corrected chi connectivity index (χ0v) is 12.8. The van der Waals surface area contributed by atoms with Crippen molar-refractivity contribution in [3.05, 3.63) is 34.9 Å². The van der Waals surface area contributed by atoms with E-state index in [1.807, 2.05) is 0 Å². The van der Waals surface area contributed by atoms with Gasteiger partial charge < -0.3 is 10.2 Å². The maximum Gasteiger partial charge on any atom is 0.0205 e. The quantitative estimate of drug-likeness (QED) is 0.886. The topological polar surface area (TPSA) is 15.3 Å². The maximum atomic E-state index is 3.68. The van der Waals surface area contributed by atoms with E-state index in [4.69, 9.17) is 0 Å². The molecule has 1 aromatic rings. The largest absolute Gasteiger partial charge is 0.312 e. The molecule has 0 saturated carbocycles. The van der Waals surface area contributed by atoms with Crippen LogP contribution in [0.1, 0.15) is 42.9 Å². The van der Waals surface area contributed by atoms with Gasteiger partial charge in [-0.25, -0.2) is 0 Å². The molecule has 1 aliphatic carbocycles. The molecule has 1 heterocycles. The highest BCUT2D eigenvalue weighted by molar-refractivity contribution is 5.35. The first-order valence-corrected chi connectivity index (χ1v) is 8.39. The highest BCUT2D eigenvalue weighted by Crippen LogP contribution is 2.23. The molecule has 0 unspecified atom stereocenters. The Morgan fingerprint density at radius 2 is 1.95 bits per heavy atom. The van der Waals surface area contributed by atoms with Crippen LogP contribution in [-0.2, 0) is 19.4 Å². The second-order valence-corrected chi connectivity index (χ2v) is 6.47. The van der Waals surface area contributed by atoms with Crippen molar-refractivity contribution in [3.63, 3.8) is 0 Å². The summed E-state index contributed by atoms with van der Waals surface area (Å²) in [7, 11) is 0. The summed E-state index contributed by atoms with van der Waals surface area (Å²) in [5, 5.41) is 3.68. The number of nitrogens with zero attached hydrogens (tertiary/aromatic N) is 1. The number of benzene rings is 1. The minimum atomic E-state index is 0.882. The minimum absolute atomic E-state index is 0.882. The molecular formula is C18H28N2. The van der Waals surface area contributed by atoms with Crippen molar-refractivity contribution >= 4 is 0 Å². The third kappa shape index (κ3) is 3.42. The number of piperidine rings is 1. The number of nitrogens with one attached hydrogen (secondary N) is 1. The van der Waals surface area contributed by atoms with Crippen LogP contribution < -0.4 is 5.32 Å². The SMILES string of the molecule is CCN1CCC(CNCc2ccc3c(c2)CCC3)CC1. The van der Waals surface area contributed by atoms with Crippen molar-refractivity contribution in [1.29, 1.82) is 0 Å². The van der Waals surface area contributed by atoms with E-state index in [2.05, 4.69) is 35.3 Å². The molecule has 0 spiro atoms. The number of fused-ring (bicyclic) bond motifs is 1. The van der Waals surface area contributed by atoms with Gasteiger partial charge in [0.25, 0.3) is 0 Å². The first kappa shape index (κ1) is 14.1. The molecule has 1 fully saturated rings. The average Bonchev–Trinajstić information content (AvgIpc) is 2.95. The van der Waals surface area contributed by atoms with Crippen molar-refractivity contribution in [1.82, 2.24) is 10.2 Å². The van der Waals surface area contributed by atoms with Gasteiger partial charge in [0, 0.05) is 6.54 Å². The highest BCUT2D eigenvalue weighted by Gasteiger charge is 2.17. The molecule has 0 atom stereocenters. The first-order chi connectivity index (χ1) is 9.85. The van der Waals surface area contributed by atoms with Crippen LogP contribution in [-0.4, -0.2) is 31.1 Å². The van der Waals surface area contributed by atoms with Gasteiger partial charge in [-0.1, -0.05) is 25.1 Å². The summed E-state index contributed by atoms with van der Waals surface area (Å²) in [6.45, 7) is 8.31. The van der Waals surface area contributed by atoms with E-state index in [1.54, 1.807) is 11.1 Å². The number of likely N-dealkylation sites (tertiary alicyclic amines) is 1. The predicted molar refractivity (Wildman–Crippen MR) is 85.0 cm³/mol. The highest BCUT2D eigenvalue weighted by atomic mass is 15.1. The monoisotopic (exact) mass is 272 g/mol. The van der Waals surface area contributed by atoms with Crippen LogP contribution in [0.3, 0.4) is 0 Å². The van der Waals surface area contributed by atoms with E-state index in [1.165, 1.54) is 63.8 Å². The van der Waals surface area contributed by atoms with Crippen LogP contribution in [0.5, 0.6) is 0 Å². The first-order valence-electron chi connectivity index (χ1n) is 8.39. The Bertz CT molecular complexity index is 433. The van der Waals surface area contributed by atoms with Crippen molar-refractivity contribution in [2.24, 2.45) is 5.92 Å². The minimum Gasteiger partial charge on any atom is -0.312 e. The molecule has 3 rings (SSSR count). The lowest BCUT2D eigenvalue weighted by molar-refractivity contribution is 0.190. The van der Waals surface area contributed by atoms with E-state index in [-0.39, 0.29) is 0 Å².